The van der Waals surface area contributed by atoms with Crippen LogP contribution in [-0.2, 0) is 20.1 Å². The van der Waals surface area contributed by atoms with Crippen molar-refractivity contribution in [3.8, 4) is 90.2 Å². The smallest absolute Gasteiger partial charge is 0.153 e. The predicted molar refractivity (Wildman–Crippen MR) is 261 cm³/mol. The molecule has 0 N–H and O–H groups in total. The van der Waals surface area contributed by atoms with E-state index in [-0.39, 0.29) is 20.1 Å². The second-order valence-electron chi connectivity index (χ2n) is 15.2. The summed E-state index contributed by atoms with van der Waals surface area (Å²) in [5.74, 6) is 1.18. The number of para-hydroxylation sites is 1. The van der Waals surface area contributed by atoms with Crippen LogP contribution in [0.3, 0.4) is 0 Å². The van der Waals surface area contributed by atoms with Crippen molar-refractivity contribution in [2.75, 3.05) is 0 Å². The van der Waals surface area contributed by atoms with E-state index in [1.54, 1.807) is 47.2 Å². The van der Waals surface area contributed by atoms with E-state index >= 15 is 0 Å². The molecule has 0 amide bonds. The van der Waals surface area contributed by atoms with Gasteiger partial charge in [-0.3, -0.25) is 9.83 Å². The third-order valence-electron chi connectivity index (χ3n) is 11.2. The van der Waals surface area contributed by atoms with E-state index in [1.807, 2.05) is 65.4 Å². The second-order valence-corrected chi connectivity index (χ2v) is 15.2. The van der Waals surface area contributed by atoms with Gasteiger partial charge in [0.2, 0.25) is 0 Å². The summed E-state index contributed by atoms with van der Waals surface area (Å²) in [5, 5.41) is 22.6. The third-order valence-corrected chi connectivity index (χ3v) is 11.2. The molecule has 0 aliphatic heterocycles. The summed E-state index contributed by atoms with van der Waals surface area (Å²) < 4.78 is 3.79. The number of benzene rings is 8. The molecule has 11 aromatic rings. The van der Waals surface area contributed by atoms with E-state index in [9.17, 15) is 5.26 Å². The number of nitriles is 1. The van der Waals surface area contributed by atoms with Crippen molar-refractivity contribution in [2.24, 2.45) is 0 Å². The predicted octanol–water partition coefficient (Wildman–Crippen LogP) is 13.7. The maximum absolute atomic E-state index is 9.32. The Morgan fingerprint density at radius 2 is 1.07 bits per heavy atom. The van der Waals surface area contributed by atoms with Crippen LogP contribution in [0.5, 0.6) is 0 Å². The third kappa shape index (κ3) is 8.98. The number of hydrogen-bond acceptors (Lipinski definition) is 5. The van der Waals surface area contributed by atoms with E-state index in [1.165, 1.54) is 0 Å². The summed E-state index contributed by atoms with van der Waals surface area (Å²) >= 11 is 0. The first-order valence-corrected chi connectivity index (χ1v) is 21.2. The topological polar surface area (TPSA) is 89.0 Å². The van der Waals surface area contributed by atoms with Gasteiger partial charge in [-0.1, -0.05) is 158 Å². The van der Waals surface area contributed by atoms with Gasteiger partial charge in [-0.2, -0.15) is 21.5 Å². The summed E-state index contributed by atoms with van der Waals surface area (Å²) in [6.07, 6.45) is 3.62. The van der Waals surface area contributed by atoms with Crippen LogP contribution in [0.25, 0.3) is 94.6 Å². The van der Waals surface area contributed by atoms with Crippen molar-refractivity contribution < 1.29 is 20.1 Å². The van der Waals surface area contributed by atoms with E-state index in [4.69, 9.17) is 16.7 Å². The van der Waals surface area contributed by atoms with E-state index in [0.717, 1.165) is 72.5 Å². The fourth-order valence-electron chi connectivity index (χ4n) is 8.18. The van der Waals surface area contributed by atoms with Crippen LogP contribution in [0.2, 0.25) is 0 Å². The Bertz CT molecular complexity index is 3440. The number of aromatic nitrogens is 6. The summed E-state index contributed by atoms with van der Waals surface area (Å²) in [7, 11) is 0. The van der Waals surface area contributed by atoms with Crippen LogP contribution < -0.4 is 0 Å². The Balaban J connectivity index is 0.000000167. The SMILES string of the molecule is N#Cc1cc[c-]c(-c2nncn2-c2c(-c3ccccc3)cccc2-c2ccccc2)c1.[C-]#[N+]c1cc[c-]c(-c2nc3c(-c4c(-c5ccccc5)cccc4-c4ccccc4)cccn3n2)c1.[Ir]. The molecule has 0 spiro atoms. The van der Waals surface area contributed by atoms with Gasteiger partial charge < -0.3 is 4.57 Å². The Morgan fingerprint density at radius 3 is 1.64 bits per heavy atom. The van der Waals surface area contributed by atoms with Crippen LogP contribution in [-0.4, -0.2) is 29.4 Å². The molecule has 9 heteroatoms. The van der Waals surface area contributed by atoms with Crippen molar-refractivity contribution >= 4 is 11.3 Å². The zero-order valence-corrected chi connectivity index (χ0v) is 38.1. The van der Waals surface area contributed by atoms with Crippen LogP contribution in [0.4, 0.5) is 5.69 Å². The number of nitrogens with zero attached hydrogens (tertiary/aromatic N) is 8. The van der Waals surface area contributed by atoms with Crippen LogP contribution in [0, 0.1) is 30.0 Å². The molecule has 11 rings (SSSR count). The molecule has 0 unspecified atom stereocenters. The van der Waals surface area contributed by atoms with Gasteiger partial charge in [0.05, 0.1) is 30.0 Å². The summed E-state index contributed by atoms with van der Waals surface area (Å²) in [4.78, 5) is 8.46. The summed E-state index contributed by atoms with van der Waals surface area (Å²) in [5.41, 5.74) is 15.2. The zero-order chi connectivity index (χ0) is 44.7. The van der Waals surface area contributed by atoms with Gasteiger partial charge >= 0.3 is 0 Å². The number of pyridine rings is 1. The minimum atomic E-state index is 0. The summed E-state index contributed by atoms with van der Waals surface area (Å²) in [6, 6.07) is 77.3. The molecule has 0 fully saturated rings. The molecule has 0 bridgehead atoms. The maximum Gasteiger partial charge on any atom is 0.153 e. The minimum Gasteiger partial charge on any atom is -0.322 e. The van der Waals surface area contributed by atoms with Gasteiger partial charge in [0.25, 0.3) is 0 Å². The first kappa shape index (κ1) is 43.4. The van der Waals surface area contributed by atoms with Crippen molar-refractivity contribution in [3.05, 3.63) is 248 Å². The average Bonchev–Trinajstić information content (AvgIpc) is 4.08. The molecular formula is C58H36IrN8-2. The van der Waals surface area contributed by atoms with Gasteiger partial charge in [0.1, 0.15) is 12.0 Å². The normalized spacial score (nSPS) is 10.5. The Kier molecular flexibility index (Phi) is 12.9. The first-order chi connectivity index (χ1) is 32.7. The molecule has 3 aromatic heterocycles. The van der Waals surface area contributed by atoms with E-state index in [2.05, 4.69) is 149 Å². The molecule has 0 aliphatic rings. The molecule has 0 aliphatic carbocycles. The fraction of sp³-hybridized carbons (Fsp3) is 0. The monoisotopic (exact) mass is 1040 g/mol. The van der Waals surface area contributed by atoms with Gasteiger partial charge in [-0.15, -0.1) is 58.7 Å². The van der Waals surface area contributed by atoms with Crippen molar-refractivity contribution in [3.63, 3.8) is 0 Å². The largest absolute Gasteiger partial charge is 0.322 e. The van der Waals surface area contributed by atoms with Gasteiger partial charge in [-0.25, -0.2) is 4.52 Å². The Labute approximate surface area is 402 Å². The van der Waals surface area contributed by atoms with Crippen molar-refractivity contribution in [1.29, 1.82) is 5.26 Å². The minimum absolute atomic E-state index is 0. The summed E-state index contributed by atoms with van der Waals surface area (Å²) in [6.45, 7) is 7.33. The van der Waals surface area contributed by atoms with Gasteiger partial charge in [0, 0.05) is 48.6 Å². The molecule has 1 radical (unpaired) electrons. The second kappa shape index (κ2) is 19.9. The average molecular weight is 1040 g/mol. The van der Waals surface area contributed by atoms with Crippen molar-refractivity contribution in [2.45, 2.75) is 0 Å². The van der Waals surface area contributed by atoms with E-state index < -0.39 is 0 Å². The molecule has 0 saturated carbocycles. The molecule has 319 valence electrons. The van der Waals surface area contributed by atoms with E-state index in [0.29, 0.717) is 28.5 Å². The van der Waals surface area contributed by atoms with Gasteiger partial charge in [0.15, 0.2) is 5.65 Å². The quantitative estimate of drug-likeness (QED) is 0.141. The zero-order valence-electron chi connectivity index (χ0n) is 35.7. The number of hydrogen-bond donors (Lipinski definition) is 0. The standard InChI is InChI=1S/C31H19N4.C27H17N4.Ir/c1-32-25-16-8-15-24(21-25)30-33-31-28(19-10-20-35(31)34-30)29-26(22-11-4-2-5-12-22)17-9-18-27(29)23-13-6-3-7-14-23;28-18-20-9-7-14-23(17-20)27-30-29-19-31(27)26-24(21-10-3-1-4-11-21)15-8-16-25(26)22-12-5-2-6-13-22;/h2-14,16-21H;1-13,15-17,19H;/q2*-1;. The Morgan fingerprint density at radius 1 is 0.552 bits per heavy atom. The van der Waals surface area contributed by atoms with Crippen LogP contribution in [0.15, 0.2) is 219 Å². The molecule has 8 nitrogen and oxygen atoms in total. The Hall–Kier alpha value is -8.85. The molecule has 67 heavy (non-hydrogen) atoms. The first-order valence-electron chi connectivity index (χ1n) is 21.2. The van der Waals surface area contributed by atoms with Crippen molar-refractivity contribution in [1.82, 2.24) is 29.4 Å². The molecule has 0 saturated heterocycles. The molecule has 8 aromatic carbocycles. The number of fused-ring (bicyclic) bond motifs is 1. The molecule has 0 atom stereocenters. The maximum atomic E-state index is 9.32. The number of rotatable bonds is 8. The van der Waals surface area contributed by atoms with Crippen LogP contribution in [0.1, 0.15) is 5.56 Å². The molecule has 3 heterocycles. The van der Waals surface area contributed by atoms with Gasteiger partial charge in [-0.05, 0) is 51.1 Å². The molecular weight excluding hydrogens is 1000 g/mol. The fourth-order valence-corrected chi connectivity index (χ4v) is 8.18. The van der Waals surface area contributed by atoms with Crippen LogP contribution >= 0.6 is 0 Å².